The lowest BCUT2D eigenvalue weighted by atomic mass is 9.74. The Bertz CT molecular complexity index is 1480. The lowest BCUT2D eigenvalue weighted by molar-refractivity contribution is 0.0698. The van der Waals surface area contributed by atoms with E-state index < -0.39 is 12.1 Å². The first kappa shape index (κ1) is 25.1. The monoisotopic (exact) mass is 498 g/mol. The molecule has 1 aliphatic heterocycles. The molecule has 0 bridgehead atoms. The number of aliphatic hydroxyl groups excluding tert-OH is 1. The topological polar surface area (TPSA) is 97.7 Å². The van der Waals surface area contributed by atoms with Gasteiger partial charge in [0.1, 0.15) is 12.4 Å². The normalized spacial score (nSPS) is 16.1. The van der Waals surface area contributed by atoms with Crippen LogP contribution in [0.3, 0.4) is 0 Å². The van der Waals surface area contributed by atoms with Crippen LogP contribution in [0.5, 0.6) is 5.75 Å². The minimum absolute atomic E-state index is 0.128. The van der Waals surface area contributed by atoms with Crippen LogP contribution < -0.4 is 10.5 Å². The number of hydrogen-bond donors (Lipinski definition) is 3. The average molecular weight is 499 g/mol. The van der Waals surface area contributed by atoms with Crippen LogP contribution in [-0.2, 0) is 12.0 Å². The molecule has 4 N–H and O–H groups in total. The first-order chi connectivity index (χ1) is 17.6. The van der Waals surface area contributed by atoms with Crippen LogP contribution in [0.25, 0.3) is 22.0 Å². The lowest BCUT2D eigenvalue weighted by Gasteiger charge is -2.31. The minimum atomic E-state index is -0.984. The van der Waals surface area contributed by atoms with Gasteiger partial charge < -0.3 is 25.3 Å². The number of hydrogen-bond acceptors (Lipinski definition) is 4. The molecule has 6 heteroatoms. The summed E-state index contributed by atoms with van der Waals surface area (Å²) >= 11 is 0. The molecule has 0 amide bonds. The van der Waals surface area contributed by atoms with Gasteiger partial charge in [-0.25, -0.2) is 4.79 Å². The van der Waals surface area contributed by atoms with Crippen molar-refractivity contribution >= 4 is 16.9 Å². The number of benzene rings is 3. The van der Waals surface area contributed by atoms with E-state index in [1.807, 2.05) is 41.1 Å². The van der Waals surface area contributed by atoms with E-state index in [-0.39, 0.29) is 23.6 Å². The zero-order valence-corrected chi connectivity index (χ0v) is 21.7. The first-order valence-electron chi connectivity index (χ1n) is 12.7. The Morgan fingerprint density at radius 2 is 1.89 bits per heavy atom. The standard InChI is InChI=1S/C31H34N2O4/c1-18(2)31(3,4)23-13-21(20-8-9-28-25(15-20)26(32)17-37-28)12-22(14-23)27(34)16-33-11-10-19-6-5-7-24(29(19)33)30(35)36/h5-15,18,26-27,34H,16-17,32H2,1-4H3,(H,35,36)/t26-,27-/m1/s1. The van der Waals surface area contributed by atoms with Crippen molar-refractivity contribution in [3.8, 4) is 16.9 Å². The Kier molecular flexibility index (Phi) is 6.34. The molecule has 0 saturated carbocycles. The van der Waals surface area contributed by atoms with E-state index in [4.69, 9.17) is 10.5 Å². The lowest BCUT2D eigenvalue weighted by Crippen LogP contribution is -2.25. The van der Waals surface area contributed by atoms with Gasteiger partial charge in [-0.1, -0.05) is 58.0 Å². The molecular weight excluding hydrogens is 464 g/mol. The second-order valence-corrected chi connectivity index (χ2v) is 10.9. The van der Waals surface area contributed by atoms with Gasteiger partial charge in [0.15, 0.2) is 0 Å². The molecular formula is C31H34N2O4. The minimum Gasteiger partial charge on any atom is -0.491 e. The molecule has 5 rings (SSSR count). The van der Waals surface area contributed by atoms with Gasteiger partial charge in [0, 0.05) is 17.1 Å². The van der Waals surface area contributed by atoms with Gasteiger partial charge in [0.25, 0.3) is 0 Å². The molecule has 37 heavy (non-hydrogen) atoms. The van der Waals surface area contributed by atoms with Crippen LogP contribution in [0.1, 0.15) is 66.9 Å². The first-order valence-corrected chi connectivity index (χ1v) is 12.7. The quantitative estimate of drug-likeness (QED) is 0.287. The molecule has 4 aromatic rings. The largest absolute Gasteiger partial charge is 0.491 e. The van der Waals surface area contributed by atoms with E-state index >= 15 is 0 Å². The zero-order chi connectivity index (χ0) is 26.5. The van der Waals surface area contributed by atoms with E-state index in [1.54, 1.807) is 12.1 Å². The Morgan fingerprint density at radius 3 is 2.62 bits per heavy atom. The van der Waals surface area contributed by atoms with Gasteiger partial charge in [-0.15, -0.1) is 0 Å². The van der Waals surface area contributed by atoms with Gasteiger partial charge in [-0.3, -0.25) is 0 Å². The number of fused-ring (bicyclic) bond motifs is 2. The Balaban J connectivity index is 1.59. The maximum absolute atomic E-state index is 11.9. The number of carboxylic acids is 1. The molecule has 1 aromatic heterocycles. The molecule has 192 valence electrons. The molecule has 2 atom stereocenters. The summed E-state index contributed by atoms with van der Waals surface area (Å²) in [5, 5.41) is 22.0. The Morgan fingerprint density at radius 1 is 1.11 bits per heavy atom. The second-order valence-electron chi connectivity index (χ2n) is 10.9. The van der Waals surface area contributed by atoms with Crippen LogP contribution in [0, 0.1) is 5.92 Å². The Labute approximate surface area is 217 Å². The van der Waals surface area contributed by atoms with Gasteiger partial charge in [0.2, 0.25) is 0 Å². The molecule has 0 unspecified atom stereocenters. The van der Waals surface area contributed by atoms with Gasteiger partial charge in [-0.05, 0) is 63.9 Å². The third-order valence-electron chi connectivity index (χ3n) is 8.08. The molecule has 0 spiro atoms. The van der Waals surface area contributed by atoms with Crippen molar-refractivity contribution in [3.05, 3.63) is 89.1 Å². The zero-order valence-electron chi connectivity index (χ0n) is 21.7. The number of nitrogens with two attached hydrogens (primary N) is 1. The van der Waals surface area contributed by atoms with Crippen LogP contribution in [-0.4, -0.2) is 27.4 Å². The maximum atomic E-state index is 11.9. The predicted octanol–water partition coefficient (Wildman–Crippen LogP) is 6.07. The molecule has 0 radical (unpaired) electrons. The van der Waals surface area contributed by atoms with Crippen molar-refractivity contribution in [2.45, 2.75) is 51.8 Å². The molecule has 0 aliphatic carbocycles. The molecule has 1 aliphatic rings. The maximum Gasteiger partial charge on any atom is 0.337 e. The van der Waals surface area contributed by atoms with Crippen molar-refractivity contribution in [2.24, 2.45) is 11.7 Å². The predicted molar refractivity (Wildman–Crippen MR) is 146 cm³/mol. The highest BCUT2D eigenvalue weighted by Crippen LogP contribution is 2.39. The fraction of sp³-hybridized carbons (Fsp3) is 0.323. The van der Waals surface area contributed by atoms with E-state index in [2.05, 4.69) is 45.9 Å². The van der Waals surface area contributed by atoms with Gasteiger partial charge in [0.05, 0.1) is 29.8 Å². The summed E-state index contributed by atoms with van der Waals surface area (Å²) < 4.78 is 7.51. The van der Waals surface area contributed by atoms with E-state index in [1.165, 1.54) is 0 Å². The summed E-state index contributed by atoms with van der Waals surface area (Å²) in [5.41, 5.74) is 11.9. The third-order valence-corrected chi connectivity index (χ3v) is 8.08. The van der Waals surface area contributed by atoms with Crippen molar-refractivity contribution < 1.29 is 19.7 Å². The van der Waals surface area contributed by atoms with Crippen LogP contribution in [0.4, 0.5) is 0 Å². The molecule has 3 aromatic carbocycles. The number of aromatic carboxylic acids is 1. The number of para-hydroxylation sites is 1. The van der Waals surface area contributed by atoms with E-state index in [0.29, 0.717) is 18.0 Å². The molecule has 6 nitrogen and oxygen atoms in total. The summed E-state index contributed by atoms with van der Waals surface area (Å²) in [7, 11) is 0. The van der Waals surface area contributed by atoms with E-state index in [9.17, 15) is 15.0 Å². The van der Waals surface area contributed by atoms with Crippen LogP contribution in [0.2, 0.25) is 0 Å². The number of nitrogens with zero attached hydrogens (tertiary/aromatic N) is 1. The van der Waals surface area contributed by atoms with Crippen LogP contribution in [0.15, 0.2) is 66.9 Å². The third kappa shape index (κ3) is 4.52. The van der Waals surface area contributed by atoms with Gasteiger partial charge in [-0.2, -0.15) is 0 Å². The number of ether oxygens (including phenoxy) is 1. The van der Waals surface area contributed by atoms with E-state index in [0.717, 1.165) is 39.0 Å². The highest BCUT2D eigenvalue weighted by molar-refractivity contribution is 6.02. The van der Waals surface area contributed by atoms with Gasteiger partial charge >= 0.3 is 5.97 Å². The second kappa shape index (κ2) is 9.36. The number of rotatable bonds is 7. The number of carbonyl (C=O) groups is 1. The summed E-state index contributed by atoms with van der Waals surface area (Å²) in [6.07, 6.45) is 1.00. The molecule has 2 heterocycles. The fourth-order valence-corrected chi connectivity index (χ4v) is 5.01. The number of aromatic nitrogens is 1. The summed E-state index contributed by atoms with van der Waals surface area (Å²) in [5.74, 6) is 0.215. The molecule has 0 fully saturated rings. The summed E-state index contributed by atoms with van der Waals surface area (Å²) in [6, 6.07) is 19.4. The summed E-state index contributed by atoms with van der Waals surface area (Å²) in [4.78, 5) is 11.9. The van der Waals surface area contributed by atoms with Crippen molar-refractivity contribution in [1.29, 1.82) is 0 Å². The van der Waals surface area contributed by atoms with Crippen molar-refractivity contribution in [2.75, 3.05) is 6.61 Å². The SMILES string of the molecule is CC(C)C(C)(C)c1cc(-c2ccc3c(c2)[C@H](N)CO3)cc([C@H](O)Cn2ccc3cccc(C(=O)O)c32)c1. The summed E-state index contributed by atoms with van der Waals surface area (Å²) in [6.45, 7) is 9.56. The highest BCUT2D eigenvalue weighted by atomic mass is 16.5. The molecule has 0 saturated heterocycles. The fourth-order valence-electron chi connectivity index (χ4n) is 5.01. The number of aliphatic hydroxyl groups is 1. The van der Waals surface area contributed by atoms with Crippen molar-refractivity contribution in [1.82, 2.24) is 4.57 Å². The average Bonchev–Trinajstić information content (AvgIpc) is 3.46. The van der Waals surface area contributed by atoms with Crippen LogP contribution >= 0.6 is 0 Å². The number of carboxylic acid groups (broad SMARTS) is 1. The van der Waals surface area contributed by atoms with Crippen molar-refractivity contribution in [3.63, 3.8) is 0 Å². The smallest absolute Gasteiger partial charge is 0.337 e. The highest BCUT2D eigenvalue weighted by Gasteiger charge is 2.27. The Hall–Kier alpha value is -3.61.